The molecule has 0 saturated carbocycles. The van der Waals surface area contributed by atoms with Crippen molar-refractivity contribution >= 4 is 12.3 Å². The summed E-state index contributed by atoms with van der Waals surface area (Å²) in [5.74, 6) is 0. The van der Waals surface area contributed by atoms with Crippen molar-refractivity contribution in [2.45, 2.75) is 13.0 Å². The van der Waals surface area contributed by atoms with E-state index >= 15 is 0 Å². The number of benzene rings is 2. The molecule has 0 aliphatic heterocycles. The molecule has 0 spiro atoms. The van der Waals surface area contributed by atoms with Gasteiger partial charge in [0.25, 0.3) is 0 Å². The molecule has 0 aliphatic rings. The van der Waals surface area contributed by atoms with E-state index in [0.717, 1.165) is 0 Å². The van der Waals surface area contributed by atoms with Crippen LogP contribution < -0.4 is 0 Å². The van der Waals surface area contributed by atoms with Gasteiger partial charge in [0.2, 0.25) is 0 Å². The third-order valence-corrected chi connectivity index (χ3v) is 2.77. The van der Waals surface area contributed by atoms with Crippen molar-refractivity contribution in [1.29, 1.82) is 0 Å². The quantitative estimate of drug-likeness (QED) is 0.690. The lowest BCUT2D eigenvalue weighted by atomic mass is 10.1. The summed E-state index contributed by atoms with van der Waals surface area (Å²) in [6.07, 6.45) is 5.90. The van der Waals surface area contributed by atoms with Gasteiger partial charge in [-0.25, -0.2) is 0 Å². The summed E-state index contributed by atoms with van der Waals surface area (Å²) in [5.41, 5.74) is 2.43. The van der Waals surface area contributed by atoms with Crippen molar-refractivity contribution in [3.05, 3.63) is 77.9 Å². The van der Waals surface area contributed by atoms with Gasteiger partial charge in [-0.2, -0.15) is 0 Å². The topological polar surface area (TPSA) is 12.4 Å². The molecule has 1 heteroatoms. The molecule has 0 heterocycles. The van der Waals surface area contributed by atoms with Crippen LogP contribution in [0.4, 0.5) is 0 Å². The third-order valence-electron chi connectivity index (χ3n) is 2.77. The predicted octanol–water partition coefficient (Wildman–Crippen LogP) is 4.53. The van der Waals surface area contributed by atoms with Crippen molar-refractivity contribution in [3.8, 4) is 0 Å². The Morgan fingerprint density at radius 2 is 1.50 bits per heavy atom. The van der Waals surface area contributed by atoms with Crippen LogP contribution in [0.25, 0.3) is 6.08 Å². The minimum Gasteiger partial charge on any atom is -0.285 e. The van der Waals surface area contributed by atoms with E-state index in [1.807, 2.05) is 48.7 Å². The molecule has 2 aromatic rings. The van der Waals surface area contributed by atoms with Crippen LogP contribution in [0.1, 0.15) is 24.1 Å². The maximum absolute atomic E-state index is 4.50. The average molecular weight is 235 g/mol. The summed E-state index contributed by atoms with van der Waals surface area (Å²) in [5, 5.41) is 0. The van der Waals surface area contributed by atoms with Crippen LogP contribution in [-0.4, -0.2) is 6.21 Å². The summed E-state index contributed by atoms with van der Waals surface area (Å²) in [6.45, 7) is 2.10. The molecule has 0 fully saturated rings. The van der Waals surface area contributed by atoms with Crippen LogP contribution >= 0.6 is 0 Å². The Labute approximate surface area is 109 Å². The number of hydrogen-bond acceptors (Lipinski definition) is 1. The lowest BCUT2D eigenvalue weighted by Crippen LogP contribution is -1.88. The van der Waals surface area contributed by atoms with Gasteiger partial charge in [-0.3, -0.25) is 4.99 Å². The second-order valence-electron chi connectivity index (χ2n) is 4.15. The first-order chi connectivity index (χ1) is 8.86. The SMILES string of the molecule is CC(N=C/C=C\c1ccccc1)c1ccccc1. The fourth-order valence-corrected chi connectivity index (χ4v) is 1.71. The Kier molecular flexibility index (Phi) is 4.48. The summed E-state index contributed by atoms with van der Waals surface area (Å²) in [7, 11) is 0. The molecule has 18 heavy (non-hydrogen) atoms. The molecule has 90 valence electrons. The molecule has 1 unspecified atom stereocenters. The highest BCUT2D eigenvalue weighted by Gasteiger charge is 1.98. The van der Waals surface area contributed by atoms with Crippen LogP contribution in [0.5, 0.6) is 0 Å². The smallest absolute Gasteiger partial charge is 0.0720 e. The van der Waals surface area contributed by atoms with E-state index in [2.05, 4.69) is 42.3 Å². The normalized spacial score (nSPS) is 13.2. The van der Waals surface area contributed by atoms with Gasteiger partial charge < -0.3 is 0 Å². The standard InChI is InChI=1S/C17H17N/c1-15(17-12-6-3-7-13-17)18-14-8-11-16-9-4-2-5-10-16/h2-15H,1H3/b11-8-,18-14?. The van der Waals surface area contributed by atoms with Crippen molar-refractivity contribution in [3.63, 3.8) is 0 Å². The summed E-state index contributed by atoms with van der Waals surface area (Å²) >= 11 is 0. The minimum absolute atomic E-state index is 0.201. The first kappa shape index (κ1) is 12.3. The number of aliphatic imine (C=N–C) groups is 1. The summed E-state index contributed by atoms with van der Waals surface area (Å²) < 4.78 is 0. The lowest BCUT2D eigenvalue weighted by Gasteiger charge is -2.04. The fraction of sp³-hybridized carbons (Fsp3) is 0.118. The van der Waals surface area contributed by atoms with Gasteiger partial charge in [-0.05, 0) is 24.1 Å². The second-order valence-corrected chi connectivity index (χ2v) is 4.15. The predicted molar refractivity (Wildman–Crippen MR) is 78.8 cm³/mol. The Morgan fingerprint density at radius 3 is 2.17 bits per heavy atom. The maximum Gasteiger partial charge on any atom is 0.0720 e. The Hall–Kier alpha value is -2.15. The summed E-state index contributed by atoms with van der Waals surface area (Å²) in [4.78, 5) is 4.50. The van der Waals surface area contributed by atoms with Crippen molar-refractivity contribution in [1.82, 2.24) is 0 Å². The lowest BCUT2D eigenvalue weighted by molar-refractivity contribution is 0.826. The molecule has 1 nitrogen and oxygen atoms in total. The molecule has 0 bridgehead atoms. The van der Waals surface area contributed by atoms with Gasteiger partial charge >= 0.3 is 0 Å². The van der Waals surface area contributed by atoms with E-state index in [4.69, 9.17) is 0 Å². The van der Waals surface area contributed by atoms with E-state index in [9.17, 15) is 0 Å². The van der Waals surface area contributed by atoms with Gasteiger partial charge in [-0.1, -0.05) is 66.7 Å². The number of allylic oxidation sites excluding steroid dienone is 1. The van der Waals surface area contributed by atoms with E-state index in [1.54, 1.807) is 0 Å². The Balaban J connectivity index is 1.94. The van der Waals surface area contributed by atoms with Gasteiger partial charge in [-0.15, -0.1) is 0 Å². The molecule has 0 amide bonds. The first-order valence-corrected chi connectivity index (χ1v) is 6.16. The molecule has 0 saturated heterocycles. The van der Waals surface area contributed by atoms with Gasteiger partial charge in [0.1, 0.15) is 0 Å². The van der Waals surface area contributed by atoms with E-state index in [0.29, 0.717) is 0 Å². The van der Waals surface area contributed by atoms with Crippen LogP contribution in [0, 0.1) is 0 Å². The molecule has 0 aliphatic carbocycles. The van der Waals surface area contributed by atoms with Gasteiger partial charge in [0.05, 0.1) is 6.04 Å². The molecule has 2 aromatic carbocycles. The zero-order chi connectivity index (χ0) is 12.6. The van der Waals surface area contributed by atoms with Crippen LogP contribution in [0.2, 0.25) is 0 Å². The Bertz CT molecular complexity index is 512. The van der Waals surface area contributed by atoms with E-state index in [1.165, 1.54) is 11.1 Å². The highest BCUT2D eigenvalue weighted by Crippen LogP contribution is 2.14. The van der Waals surface area contributed by atoms with Crippen LogP contribution in [0.15, 0.2) is 71.7 Å². The van der Waals surface area contributed by atoms with Crippen LogP contribution in [0.3, 0.4) is 0 Å². The third kappa shape index (κ3) is 3.70. The summed E-state index contributed by atoms with van der Waals surface area (Å²) in [6, 6.07) is 20.7. The Morgan fingerprint density at radius 1 is 0.889 bits per heavy atom. The largest absolute Gasteiger partial charge is 0.285 e. The van der Waals surface area contributed by atoms with Gasteiger partial charge in [0.15, 0.2) is 0 Å². The molecule has 2 rings (SSSR count). The van der Waals surface area contributed by atoms with E-state index in [-0.39, 0.29) is 6.04 Å². The zero-order valence-electron chi connectivity index (χ0n) is 10.5. The first-order valence-electron chi connectivity index (χ1n) is 6.16. The molecule has 1 atom stereocenters. The van der Waals surface area contributed by atoms with Crippen LogP contribution in [-0.2, 0) is 0 Å². The molecule has 0 aromatic heterocycles. The highest BCUT2D eigenvalue weighted by atomic mass is 14.7. The van der Waals surface area contributed by atoms with Crippen molar-refractivity contribution in [2.24, 2.45) is 4.99 Å². The maximum atomic E-state index is 4.50. The highest BCUT2D eigenvalue weighted by molar-refractivity contribution is 5.78. The molecule has 0 N–H and O–H groups in total. The molecular weight excluding hydrogens is 218 g/mol. The number of hydrogen-bond donors (Lipinski definition) is 0. The van der Waals surface area contributed by atoms with Crippen molar-refractivity contribution < 1.29 is 0 Å². The monoisotopic (exact) mass is 235 g/mol. The zero-order valence-corrected chi connectivity index (χ0v) is 10.5. The average Bonchev–Trinajstić information content (AvgIpc) is 2.45. The number of rotatable bonds is 4. The molecular formula is C17H17N. The van der Waals surface area contributed by atoms with Crippen molar-refractivity contribution in [2.75, 3.05) is 0 Å². The minimum atomic E-state index is 0.201. The second kappa shape index (κ2) is 6.55. The molecule has 0 radical (unpaired) electrons. The fourth-order valence-electron chi connectivity index (χ4n) is 1.71. The van der Waals surface area contributed by atoms with E-state index < -0.39 is 0 Å². The number of nitrogens with zero attached hydrogens (tertiary/aromatic N) is 1. The van der Waals surface area contributed by atoms with Gasteiger partial charge in [0, 0.05) is 6.21 Å².